The maximum atomic E-state index is 5.87. The van der Waals surface area contributed by atoms with E-state index in [9.17, 15) is 0 Å². The Bertz CT molecular complexity index is 160. The van der Waals surface area contributed by atoms with Crippen LogP contribution < -0.4 is 11.1 Å². The van der Waals surface area contributed by atoms with E-state index in [1.807, 2.05) is 6.08 Å². The average molecular weight is 196 g/mol. The van der Waals surface area contributed by atoms with Crippen molar-refractivity contribution in [3.8, 4) is 0 Å². The summed E-state index contributed by atoms with van der Waals surface area (Å²) in [5.74, 6) is 0. The fourth-order valence-electron chi connectivity index (χ4n) is 2.14. The molecule has 1 unspecified atom stereocenters. The molecule has 1 aliphatic carbocycles. The van der Waals surface area contributed by atoms with Gasteiger partial charge in [0.2, 0.25) is 0 Å². The normalized spacial score (nSPS) is 29.9. The summed E-state index contributed by atoms with van der Waals surface area (Å²) in [6, 6.07) is 1.78. The van der Waals surface area contributed by atoms with Gasteiger partial charge in [-0.25, -0.2) is 0 Å². The third-order valence-electron chi connectivity index (χ3n) is 3.10. The highest BCUT2D eigenvalue weighted by Gasteiger charge is 2.19. The van der Waals surface area contributed by atoms with E-state index in [-0.39, 0.29) is 0 Å². The number of nitrogens with one attached hydrogen (secondary N) is 1. The topological polar surface area (TPSA) is 38.0 Å². The second kappa shape index (κ2) is 6.20. The van der Waals surface area contributed by atoms with Gasteiger partial charge >= 0.3 is 0 Å². The van der Waals surface area contributed by atoms with Crippen LogP contribution in [0, 0.1) is 0 Å². The van der Waals surface area contributed by atoms with E-state index >= 15 is 0 Å². The van der Waals surface area contributed by atoms with Gasteiger partial charge in [-0.15, -0.1) is 6.58 Å². The lowest BCUT2D eigenvalue weighted by Crippen LogP contribution is -2.41. The molecule has 14 heavy (non-hydrogen) atoms. The molecule has 1 atom stereocenters. The molecule has 3 N–H and O–H groups in total. The third-order valence-corrected chi connectivity index (χ3v) is 3.10. The van der Waals surface area contributed by atoms with Crippen molar-refractivity contribution in [1.29, 1.82) is 0 Å². The van der Waals surface area contributed by atoms with Crippen molar-refractivity contribution >= 4 is 0 Å². The summed E-state index contributed by atoms with van der Waals surface area (Å²) in [6.45, 7) is 6.01. The minimum Gasteiger partial charge on any atom is -0.328 e. The van der Waals surface area contributed by atoms with Crippen molar-refractivity contribution in [3.05, 3.63) is 12.7 Å². The highest BCUT2D eigenvalue weighted by atomic mass is 14.9. The van der Waals surface area contributed by atoms with Gasteiger partial charge in [0.25, 0.3) is 0 Å². The van der Waals surface area contributed by atoms with Crippen molar-refractivity contribution in [2.24, 2.45) is 5.73 Å². The number of hydrogen-bond donors (Lipinski definition) is 2. The lowest BCUT2D eigenvalue weighted by molar-refractivity contribution is 0.315. The van der Waals surface area contributed by atoms with E-state index in [2.05, 4.69) is 18.8 Å². The Morgan fingerprint density at radius 1 is 1.43 bits per heavy atom. The maximum absolute atomic E-state index is 5.87. The number of hydrogen-bond acceptors (Lipinski definition) is 2. The molecule has 0 aliphatic heterocycles. The molecule has 2 heteroatoms. The molecule has 1 fully saturated rings. The Morgan fingerprint density at radius 3 is 2.64 bits per heavy atom. The van der Waals surface area contributed by atoms with E-state index < -0.39 is 0 Å². The first-order valence-corrected chi connectivity index (χ1v) is 5.85. The van der Waals surface area contributed by atoms with Gasteiger partial charge in [-0.2, -0.15) is 0 Å². The van der Waals surface area contributed by atoms with E-state index in [4.69, 9.17) is 5.73 Å². The van der Waals surface area contributed by atoms with Crippen molar-refractivity contribution in [3.63, 3.8) is 0 Å². The first-order chi connectivity index (χ1) is 6.72. The van der Waals surface area contributed by atoms with Crippen LogP contribution in [0.5, 0.6) is 0 Å². The van der Waals surface area contributed by atoms with Gasteiger partial charge in [0.05, 0.1) is 0 Å². The van der Waals surface area contributed by atoms with Gasteiger partial charge in [-0.1, -0.05) is 6.08 Å². The Labute approximate surface area is 87.9 Å². The molecule has 82 valence electrons. The molecule has 0 aromatic carbocycles. The molecule has 0 amide bonds. The van der Waals surface area contributed by atoms with Crippen molar-refractivity contribution in [2.45, 2.75) is 63.6 Å². The van der Waals surface area contributed by atoms with Crippen LogP contribution in [-0.2, 0) is 0 Å². The van der Waals surface area contributed by atoms with E-state index in [1.165, 1.54) is 32.1 Å². The summed E-state index contributed by atoms with van der Waals surface area (Å²) in [6.07, 6.45) is 9.18. The third kappa shape index (κ3) is 4.25. The molecular formula is C12H24N2. The molecule has 1 rings (SSSR count). The Hall–Kier alpha value is -0.340. The highest BCUT2D eigenvalue weighted by molar-refractivity contribution is 4.81. The minimum absolute atomic E-state index is 0.455. The largest absolute Gasteiger partial charge is 0.328 e. The minimum atomic E-state index is 0.455. The van der Waals surface area contributed by atoms with Crippen molar-refractivity contribution in [2.75, 3.05) is 0 Å². The predicted molar refractivity (Wildman–Crippen MR) is 62.3 cm³/mol. The molecule has 0 bridgehead atoms. The lowest BCUT2D eigenvalue weighted by Gasteiger charge is -2.29. The van der Waals surface area contributed by atoms with E-state index in [0.29, 0.717) is 18.1 Å². The second-order valence-electron chi connectivity index (χ2n) is 4.55. The van der Waals surface area contributed by atoms with Crippen LogP contribution in [0.2, 0.25) is 0 Å². The maximum Gasteiger partial charge on any atom is 0.00706 e. The molecule has 0 heterocycles. The fraction of sp³-hybridized carbons (Fsp3) is 0.833. The van der Waals surface area contributed by atoms with Crippen LogP contribution in [0.25, 0.3) is 0 Å². The molecule has 0 saturated heterocycles. The van der Waals surface area contributed by atoms with Gasteiger partial charge in [0.15, 0.2) is 0 Å². The number of allylic oxidation sites excluding steroid dienone is 1. The van der Waals surface area contributed by atoms with Crippen molar-refractivity contribution < 1.29 is 0 Å². The molecule has 0 aromatic heterocycles. The quantitative estimate of drug-likeness (QED) is 0.662. The highest BCUT2D eigenvalue weighted by Crippen LogP contribution is 2.17. The van der Waals surface area contributed by atoms with Crippen LogP contribution >= 0.6 is 0 Å². The van der Waals surface area contributed by atoms with Crippen LogP contribution in [0.3, 0.4) is 0 Å². The Kier molecular flexibility index (Phi) is 5.20. The first kappa shape index (κ1) is 11.7. The van der Waals surface area contributed by atoms with Gasteiger partial charge in [-0.3, -0.25) is 0 Å². The van der Waals surface area contributed by atoms with Gasteiger partial charge in [0, 0.05) is 18.1 Å². The zero-order chi connectivity index (χ0) is 10.4. The van der Waals surface area contributed by atoms with Crippen molar-refractivity contribution in [1.82, 2.24) is 5.32 Å². The van der Waals surface area contributed by atoms with Gasteiger partial charge in [-0.05, 0) is 45.4 Å². The summed E-state index contributed by atoms with van der Waals surface area (Å²) in [4.78, 5) is 0. The Balaban J connectivity index is 2.13. The summed E-state index contributed by atoms with van der Waals surface area (Å²) in [5.41, 5.74) is 5.87. The van der Waals surface area contributed by atoms with E-state index in [0.717, 1.165) is 6.42 Å². The summed E-state index contributed by atoms with van der Waals surface area (Å²) >= 11 is 0. The number of nitrogens with two attached hydrogens (primary N) is 1. The van der Waals surface area contributed by atoms with Gasteiger partial charge in [0.1, 0.15) is 0 Å². The zero-order valence-electron chi connectivity index (χ0n) is 9.34. The molecule has 0 spiro atoms. The van der Waals surface area contributed by atoms with Gasteiger partial charge < -0.3 is 11.1 Å². The summed E-state index contributed by atoms with van der Waals surface area (Å²) in [7, 11) is 0. The number of rotatable bonds is 5. The molecular weight excluding hydrogens is 172 g/mol. The van der Waals surface area contributed by atoms with E-state index in [1.54, 1.807) is 0 Å². The predicted octanol–water partition coefficient (Wildman–Crippen LogP) is 2.20. The van der Waals surface area contributed by atoms with Crippen LogP contribution in [-0.4, -0.2) is 18.1 Å². The fourth-order valence-corrected chi connectivity index (χ4v) is 2.14. The lowest BCUT2D eigenvalue weighted by atomic mass is 9.91. The molecule has 1 saturated carbocycles. The second-order valence-corrected chi connectivity index (χ2v) is 4.55. The standard InChI is InChI=1S/C12H24N2/c1-3-4-5-10(2)14-12-8-6-11(13)7-9-12/h3,10-12,14H,1,4-9,13H2,2H3. The SMILES string of the molecule is C=CCCC(C)NC1CCC(N)CC1. The first-order valence-electron chi connectivity index (χ1n) is 5.85. The van der Waals surface area contributed by atoms with Crippen LogP contribution in [0.1, 0.15) is 45.4 Å². The molecule has 1 aliphatic rings. The smallest absolute Gasteiger partial charge is 0.00706 e. The summed E-state index contributed by atoms with van der Waals surface area (Å²) < 4.78 is 0. The zero-order valence-corrected chi connectivity index (χ0v) is 9.34. The molecule has 2 nitrogen and oxygen atoms in total. The molecule has 0 radical (unpaired) electrons. The van der Waals surface area contributed by atoms with Crippen LogP contribution in [0.15, 0.2) is 12.7 Å². The van der Waals surface area contributed by atoms with Crippen LogP contribution in [0.4, 0.5) is 0 Å². The monoisotopic (exact) mass is 196 g/mol. The Morgan fingerprint density at radius 2 is 2.07 bits per heavy atom. The average Bonchev–Trinajstić information content (AvgIpc) is 2.18. The summed E-state index contributed by atoms with van der Waals surface area (Å²) in [5, 5.41) is 3.67. The molecule has 0 aromatic rings.